The van der Waals surface area contributed by atoms with E-state index in [1.165, 1.54) is 0 Å². The molecule has 0 radical (unpaired) electrons. The molecule has 2 atom stereocenters. The predicted molar refractivity (Wildman–Crippen MR) is 113 cm³/mol. The number of nitrogens with zero attached hydrogens (tertiary/aromatic N) is 4. The fraction of sp³-hybridized carbons (Fsp3) is 0.300. The Morgan fingerprint density at radius 2 is 2.05 bits per heavy atom. The first-order valence-corrected chi connectivity index (χ1v) is 11.8. The van der Waals surface area contributed by atoms with Crippen molar-refractivity contribution in [3.8, 4) is 0 Å². The second-order valence-electron chi connectivity index (χ2n) is 7.69. The van der Waals surface area contributed by atoms with E-state index in [-0.39, 0.29) is 54.1 Å². The fourth-order valence-electron chi connectivity index (χ4n) is 3.66. The maximum absolute atomic E-state index is 15.0. The molecule has 37 heavy (non-hydrogen) atoms. The van der Waals surface area contributed by atoms with Crippen LogP contribution >= 0.6 is 7.75 Å². The van der Waals surface area contributed by atoms with Crippen molar-refractivity contribution >= 4 is 42.8 Å². The molecule has 4 rings (SSSR count). The van der Waals surface area contributed by atoms with Crippen LogP contribution in [0, 0.1) is 17.5 Å². The van der Waals surface area contributed by atoms with Gasteiger partial charge in [0.1, 0.15) is 18.1 Å². The molecule has 192 valence electrons. The van der Waals surface area contributed by atoms with E-state index in [1.54, 1.807) is 0 Å². The largest absolute Gasteiger partial charge is 1.00 e. The summed E-state index contributed by atoms with van der Waals surface area (Å²) < 4.78 is 71.7. The molecule has 0 aliphatic carbocycles. The van der Waals surface area contributed by atoms with E-state index in [0.717, 1.165) is 36.4 Å². The minimum absolute atomic E-state index is 0. The van der Waals surface area contributed by atoms with Crippen molar-refractivity contribution in [3.05, 3.63) is 48.1 Å². The number of hydrogen-bond donors (Lipinski definition) is 0. The van der Waals surface area contributed by atoms with Crippen molar-refractivity contribution in [2.75, 3.05) is 34.1 Å². The van der Waals surface area contributed by atoms with E-state index >= 15 is 0 Å². The Hall–Kier alpha value is -2.84. The quantitative estimate of drug-likeness (QED) is 0.243. The Balaban J connectivity index is 0.00000380. The molecule has 0 N–H and O–H groups in total. The first-order valence-electron chi connectivity index (χ1n) is 10.3. The number of ketones is 1. The van der Waals surface area contributed by atoms with Crippen LogP contribution in [0.5, 0.6) is 0 Å². The van der Waals surface area contributed by atoms with Gasteiger partial charge < -0.3 is 23.6 Å². The third-order valence-corrected chi connectivity index (χ3v) is 6.66. The maximum atomic E-state index is 15.0. The summed E-state index contributed by atoms with van der Waals surface area (Å²) in [5.41, 5.74) is -1.52. The smallest absolute Gasteiger partial charge is 0.751 e. The summed E-state index contributed by atoms with van der Waals surface area (Å²) in [6.45, 7) is -0.373. The van der Waals surface area contributed by atoms with Gasteiger partial charge in [-0.2, -0.15) is 0 Å². The molecule has 1 saturated heterocycles. The average molecular weight is 552 g/mol. The van der Waals surface area contributed by atoms with Gasteiger partial charge in [-0.05, 0) is 6.08 Å². The molecule has 0 saturated carbocycles. The average Bonchev–Trinajstić information content (AvgIpc) is 3.45. The first kappa shape index (κ1) is 28.7. The molecule has 3 heterocycles. The monoisotopic (exact) mass is 552 g/mol. The molecular weight excluding hydrogens is 535 g/mol. The minimum Gasteiger partial charge on any atom is -0.751 e. The van der Waals surface area contributed by atoms with E-state index in [1.807, 2.05) is 0 Å². The van der Waals surface area contributed by atoms with Gasteiger partial charge in [0.2, 0.25) is 0 Å². The number of rotatable bonds is 7. The second-order valence-corrected chi connectivity index (χ2v) is 9.29. The molecule has 1 amide bonds. The molecule has 2 aliphatic rings. The SMILES string of the molecule is CC(=O)OP(=O)([O-])N(C[C@H]1CN(c2cc(F)c(N3C=CC(=O)CC3)c(F)c2F)C(=O)O1)c1ccon1.[Na+]. The minimum atomic E-state index is -5.09. The van der Waals surface area contributed by atoms with E-state index in [9.17, 15) is 37.0 Å². The zero-order valence-corrected chi connectivity index (χ0v) is 22.3. The van der Waals surface area contributed by atoms with Crippen LogP contribution in [0.3, 0.4) is 0 Å². The summed E-state index contributed by atoms with van der Waals surface area (Å²) in [7, 11) is -5.09. The summed E-state index contributed by atoms with van der Waals surface area (Å²) in [5, 5.41) is 3.47. The van der Waals surface area contributed by atoms with Crippen molar-refractivity contribution in [3.63, 3.8) is 0 Å². The number of ether oxygens (including phenoxy) is 1. The zero-order valence-electron chi connectivity index (χ0n) is 19.4. The topological polar surface area (TPSA) is 146 Å². The van der Waals surface area contributed by atoms with Gasteiger partial charge in [0.25, 0.3) is 7.75 Å². The third kappa shape index (κ3) is 6.02. The number of halogens is 3. The van der Waals surface area contributed by atoms with E-state index in [0.29, 0.717) is 15.6 Å². The number of allylic oxidation sites excluding steroid dienone is 1. The Labute approximate surface area is 229 Å². The molecule has 2 aliphatic heterocycles. The van der Waals surface area contributed by atoms with Crippen molar-refractivity contribution in [2.45, 2.75) is 19.4 Å². The second kappa shape index (κ2) is 11.3. The molecule has 1 aromatic carbocycles. The predicted octanol–water partition coefficient (Wildman–Crippen LogP) is -0.748. The number of anilines is 3. The van der Waals surface area contributed by atoms with E-state index in [4.69, 9.17) is 4.74 Å². The van der Waals surface area contributed by atoms with Crippen molar-refractivity contribution < 1.29 is 80.4 Å². The number of carbonyl (C=O) groups excluding carboxylic acids is 3. The Morgan fingerprint density at radius 1 is 1.32 bits per heavy atom. The summed E-state index contributed by atoms with van der Waals surface area (Å²) in [5.74, 6) is -6.06. The van der Waals surface area contributed by atoms with Gasteiger partial charge >= 0.3 is 41.6 Å². The first-order chi connectivity index (χ1) is 17.0. The molecule has 0 bridgehead atoms. The van der Waals surface area contributed by atoms with Crippen LogP contribution in [0.25, 0.3) is 0 Å². The zero-order chi connectivity index (χ0) is 26.2. The van der Waals surface area contributed by atoms with Crippen molar-refractivity contribution in [2.24, 2.45) is 0 Å². The molecule has 1 aromatic heterocycles. The van der Waals surface area contributed by atoms with Gasteiger partial charge in [0.05, 0.1) is 18.8 Å². The van der Waals surface area contributed by atoms with Crippen LogP contribution in [0.4, 0.5) is 35.2 Å². The van der Waals surface area contributed by atoms with Crippen molar-refractivity contribution in [1.29, 1.82) is 0 Å². The summed E-state index contributed by atoms with van der Waals surface area (Å²) >= 11 is 0. The Kier molecular flexibility index (Phi) is 8.75. The molecule has 2 aromatic rings. The maximum Gasteiger partial charge on any atom is 1.00 e. The van der Waals surface area contributed by atoms with E-state index in [2.05, 4.69) is 14.2 Å². The normalized spacial score (nSPS) is 18.8. The standard InChI is InChI=1S/C20H18F3N4O8P.Na/c1-11(28)35-36(31,32)27(16-4-7-33-24-16)10-13-9-26(20(30)34-13)15-8-14(21)19(18(23)17(15)22)25-5-2-12(29)3-6-25;/h2,4-5,7-8,13H,3,6,9-10H2,1H3,(H,31,32);/q;+1/p-1/t13-;/m1./s1. The number of benzene rings is 1. The van der Waals surface area contributed by atoms with Crippen molar-refractivity contribution in [1.82, 2.24) is 5.16 Å². The number of carbonyl (C=O) groups is 3. The van der Waals surface area contributed by atoms with Crippen LogP contribution in [0.1, 0.15) is 13.3 Å². The van der Waals surface area contributed by atoms with Crippen LogP contribution in [0.15, 0.2) is 35.2 Å². The molecule has 0 spiro atoms. The number of hydrogen-bond acceptors (Lipinski definition) is 10. The number of cyclic esters (lactones) is 1. The van der Waals surface area contributed by atoms with Crippen LogP contribution < -0.4 is 48.9 Å². The Bertz CT molecular complexity index is 1290. The molecule has 17 heteroatoms. The molecule has 12 nitrogen and oxygen atoms in total. The van der Waals surface area contributed by atoms with Crippen LogP contribution in [-0.4, -0.2) is 48.7 Å². The number of aromatic nitrogens is 1. The third-order valence-electron chi connectivity index (χ3n) is 5.21. The van der Waals surface area contributed by atoms with Crippen LogP contribution in [0.2, 0.25) is 0 Å². The van der Waals surface area contributed by atoms with Gasteiger partial charge in [0, 0.05) is 38.2 Å². The van der Waals surface area contributed by atoms with E-state index < -0.39 is 67.8 Å². The summed E-state index contributed by atoms with van der Waals surface area (Å²) in [4.78, 5) is 49.1. The summed E-state index contributed by atoms with van der Waals surface area (Å²) in [6, 6.07) is 1.72. The molecule has 1 fully saturated rings. The van der Waals surface area contributed by atoms with Gasteiger partial charge in [-0.15, -0.1) is 0 Å². The summed E-state index contributed by atoms with van der Waals surface area (Å²) in [6.07, 6.45) is 0.740. The van der Waals surface area contributed by atoms with Gasteiger partial charge in [0.15, 0.2) is 29.1 Å². The van der Waals surface area contributed by atoms with Gasteiger partial charge in [-0.25, -0.2) is 18.0 Å². The van der Waals surface area contributed by atoms with Crippen LogP contribution in [-0.2, 0) is 23.4 Å². The Morgan fingerprint density at radius 3 is 2.65 bits per heavy atom. The molecule has 1 unspecified atom stereocenters. The fourth-order valence-corrected chi connectivity index (χ4v) is 4.82. The molecular formula is C20H17F3N4NaO8P. The van der Waals surface area contributed by atoms with Gasteiger partial charge in [-0.3, -0.25) is 23.7 Å². The number of amides is 1. The van der Waals surface area contributed by atoms with Gasteiger partial charge in [-0.1, -0.05) is 5.16 Å².